The number of nitrogens with one attached hydrogen (secondary N) is 1. The summed E-state index contributed by atoms with van der Waals surface area (Å²) in [4.78, 5) is 40.6. The van der Waals surface area contributed by atoms with Crippen molar-refractivity contribution in [3.8, 4) is 0 Å². The standard InChI is InChI=1S/C19H20N2O6S/c1-12(2)18(19(24)27-21-16(22)9-10-17(21)23)20-28(25,26)15-8-7-13-5-3-4-6-14(13)11-15/h3-8,11-12,18,20H,9-10H2,1-2H3/t18-/m0/s1. The normalized spacial score (nSPS) is 16.0. The van der Waals surface area contributed by atoms with Crippen LogP contribution in [0.25, 0.3) is 10.8 Å². The van der Waals surface area contributed by atoms with Crippen molar-refractivity contribution in [1.82, 2.24) is 9.79 Å². The van der Waals surface area contributed by atoms with Crippen molar-refractivity contribution in [2.45, 2.75) is 37.6 Å². The average molecular weight is 404 g/mol. The lowest BCUT2D eigenvalue weighted by molar-refractivity contribution is -0.199. The maximum atomic E-state index is 12.8. The number of hydrogen-bond donors (Lipinski definition) is 1. The van der Waals surface area contributed by atoms with Crippen LogP contribution < -0.4 is 4.72 Å². The number of amides is 2. The molecule has 0 bridgehead atoms. The molecule has 1 aliphatic heterocycles. The summed E-state index contributed by atoms with van der Waals surface area (Å²) < 4.78 is 27.9. The molecule has 148 valence electrons. The second-order valence-electron chi connectivity index (χ2n) is 6.84. The zero-order chi connectivity index (χ0) is 20.5. The topological polar surface area (TPSA) is 110 Å². The molecule has 0 aliphatic carbocycles. The smallest absolute Gasteiger partial charge is 0.329 e. The number of sulfonamides is 1. The highest BCUT2D eigenvalue weighted by Gasteiger charge is 2.37. The Labute approximate surface area is 162 Å². The molecule has 8 nitrogen and oxygen atoms in total. The summed E-state index contributed by atoms with van der Waals surface area (Å²) in [5, 5.41) is 2.02. The molecular formula is C19H20N2O6S. The molecule has 2 aromatic carbocycles. The van der Waals surface area contributed by atoms with Crippen LogP contribution in [0, 0.1) is 5.92 Å². The van der Waals surface area contributed by atoms with E-state index in [1.54, 1.807) is 32.0 Å². The number of hydroxylamine groups is 2. The third-order valence-corrected chi connectivity index (χ3v) is 5.86. The minimum Gasteiger partial charge on any atom is -0.329 e. The first-order valence-corrected chi connectivity index (χ1v) is 10.3. The summed E-state index contributed by atoms with van der Waals surface area (Å²) in [6.45, 7) is 3.25. The first-order chi connectivity index (χ1) is 13.2. The number of fused-ring (bicyclic) bond motifs is 1. The molecule has 0 saturated carbocycles. The minimum atomic E-state index is -4.04. The summed E-state index contributed by atoms with van der Waals surface area (Å²) in [6.07, 6.45) is -0.0808. The van der Waals surface area contributed by atoms with Gasteiger partial charge in [0.05, 0.1) is 4.90 Å². The van der Waals surface area contributed by atoms with Gasteiger partial charge in [0.1, 0.15) is 6.04 Å². The second kappa shape index (κ2) is 7.69. The molecule has 2 aromatic rings. The van der Waals surface area contributed by atoms with Crippen LogP contribution in [-0.2, 0) is 29.2 Å². The number of carbonyl (C=O) groups is 3. The van der Waals surface area contributed by atoms with Crippen LogP contribution in [0.2, 0.25) is 0 Å². The lowest BCUT2D eigenvalue weighted by Crippen LogP contribution is -2.48. The molecule has 0 radical (unpaired) electrons. The molecule has 1 fully saturated rings. The van der Waals surface area contributed by atoms with E-state index in [1.165, 1.54) is 12.1 Å². The maximum Gasteiger partial charge on any atom is 0.351 e. The van der Waals surface area contributed by atoms with E-state index >= 15 is 0 Å². The molecule has 2 amide bonds. The van der Waals surface area contributed by atoms with Crippen molar-refractivity contribution >= 4 is 38.6 Å². The fraction of sp³-hybridized carbons (Fsp3) is 0.316. The monoisotopic (exact) mass is 404 g/mol. The van der Waals surface area contributed by atoms with Crippen molar-refractivity contribution in [2.24, 2.45) is 5.92 Å². The zero-order valence-electron chi connectivity index (χ0n) is 15.4. The van der Waals surface area contributed by atoms with Gasteiger partial charge in [-0.2, -0.15) is 4.72 Å². The van der Waals surface area contributed by atoms with Crippen molar-refractivity contribution in [3.05, 3.63) is 42.5 Å². The van der Waals surface area contributed by atoms with E-state index in [4.69, 9.17) is 4.84 Å². The van der Waals surface area contributed by atoms with E-state index in [0.717, 1.165) is 10.8 Å². The Kier molecular flexibility index (Phi) is 5.48. The maximum absolute atomic E-state index is 12.8. The molecule has 0 spiro atoms. The van der Waals surface area contributed by atoms with Crippen molar-refractivity contribution in [3.63, 3.8) is 0 Å². The second-order valence-corrected chi connectivity index (χ2v) is 8.56. The van der Waals surface area contributed by atoms with Gasteiger partial charge in [0.15, 0.2) is 0 Å². The molecule has 0 unspecified atom stereocenters. The third-order valence-electron chi connectivity index (χ3n) is 4.42. The predicted octanol–water partition coefficient (Wildman–Crippen LogP) is 1.75. The van der Waals surface area contributed by atoms with Crippen LogP contribution in [-0.4, -0.2) is 37.3 Å². The first-order valence-electron chi connectivity index (χ1n) is 8.78. The van der Waals surface area contributed by atoms with Gasteiger partial charge in [-0.15, -0.1) is 5.06 Å². The zero-order valence-corrected chi connectivity index (χ0v) is 16.2. The van der Waals surface area contributed by atoms with Gasteiger partial charge in [-0.25, -0.2) is 13.2 Å². The predicted molar refractivity (Wildman–Crippen MR) is 100 cm³/mol. The Morgan fingerprint density at radius 1 is 1.04 bits per heavy atom. The van der Waals surface area contributed by atoms with E-state index in [1.807, 2.05) is 12.1 Å². The molecule has 1 atom stereocenters. The Bertz CT molecular complexity index is 1030. The summed E-state index contributed by atoms with van der Waals surface area (Å²) in [6, 6.07) is 10.6. The minimum absolute atomic E-state index is 0.00187. The number of carbonyl (C=O) groups excluding carboxylic acids is 3. The first kappa shape index (κ1) is 20.0. The van der Waals surface area contributed by atoms with E-state index in [-0.39, 0.29) is 17.7 Å². The highest BCUT2D eigenvalue weighted by atomic mass is 32.2. The number of rotatable bonds is 6. The fourth-order valence-electron chi connectivity index (χ4n) is 2.83. The van der Waals surface area contributed by atoms with E-state index < -0.39 is 39.8 Å². The SMILES string of the molecule is CC(C)[C@H](NS(=O)(=O)c1ccc2ccccc2c1)C(=O)ON1C(=O)CCC1=O. The third kappa shape index (κ3) is 4.05. The largest absolute Gasteiger partial charge is 0.351 e. The van der Waals surface area contributed by atoms with E-state index in [9.17, 15) is 22.8 Å². The lowest BCUT2D eigenvalue weighted by atomic mass is 10.1. The van der Waals surface area contributed by atoms with Gasteiger partial charge in [-0.05, 0) is 28.8 Å². The van der Waals surface area contributed by atoms with Crippen LogP contribution in [0.15, 0.2) is 47.4 Å². The van der Waals surface area contributed by atoms with Crippen LogP contribution >= 0.6 is 0 Å². The van der Waals surface area contributed by atoms with E-state index in [2.05, 4.69) is 4.72 Å². The molecule has 1 aliphatic rings. The molecule has 3 rings (SSSR count). The Hall–Kier alpha value is -2.78. The lowest BCUT2D eigenvalue weighted by Gasteiger charge is -2.22. The summed E-state index contributed by atoms with van der Waals surface area (Å²) in [5.41, 5.74) is 0. The van der Waals surface area contributed by atoms with Gasteiger partial charge in [0, 0.05) is 12.8 Å². The summed E-state index contributed by atoms with van der Waals surface area (Å²) in [7, 11) is -4.04. The van der Waals surface area contributed by atoms with E-state index in [0.29, 0.717) is 5.06 Å². The number of hydrogen-bond acceptors (Lipinski definition) is 6. The summed E-state index contributed by atoms with van der Waals surface area (Å²) in [5.74, 6) is -2.74. The number of benzene rings is 2. The van der Waals surface area contributed by atoms with Crippen molar-refractivity contribution in [2.75, 3.05) is 0 Å². The number of nitrogens with zero attached hydrogens (tertiary/aromatic N) is 1. The Morgan fingerprint density at radius 2 is 1.64 bits per heavy atom. The van der Waals surface area contributed by atoms with Gasteiger partial charge in [-0.1, -0.05) is 44.2 Å². The molecule has 1 saturated heterocycles. The molecule has 1 heterocycles. The number of imide groups is 1. The summed E-state index contributed by atoms with van der Waals surface area (Å²) >= 11 is 0. The molecule has 0 aromatic heterocycles. The van der Waals surface area contributed by atoms with Crippen molar-refractivity contribution in [1.29, 1.82) is 0 Å². The average Bonchev–Trinajstić information content (AvgIpc) is 2.97. The van der Waals surface area contributed by atoms with Crippen LogP contribution in [0.1, 0.15) is 26.7 Å². The van der Waals surface area contributed by atoms with Crippen molar-refractivity contribution < 1.29 is 27.6 Å². The highest BCUT2D eigenvalue weighted by molar-refractivity contribution is 7.89. The fourth-order valence-corrected chi connectivity index (χ4v) is 4.20. The van der Waals surface area contributed by atoms with Gasteiger partial charge in [0.2, 0.25) is 10.0 Å². The molecular weight excluding hydrogens is 384 g/mol. The van der Waals surface area contributed by atoms with Gasteiger partial charge in [-0.3, -0.25) is 9.59 Å². The van der Waals surface area contributed by atoms with Gasteiger partial charge >= 0.3 is 5.97 Å². The molecule has 9 heteroatoms. The van der Waals surface area contributed by atoms with Crippen LogP contribution in [0.3, 0.4) is 0 Å². The quantitative estimate of drug-likeness (QED) is 0.735. The highest BCUT2D eigenvalue weighted by Crippen LogP contribution is 2.20. The Morgan fingerprint density at radius 3 is 2.25 bits per heavy atom. The molecule has 28 heavy (non-hydrogen) atoms. The Balaban J connectivity index is 1.82. The van der Waals surface area contributed by atoms with Gasteiger partial charge in [0.25, 0.3) is 11.8 Å². The molecule has 1 N–H and O–H groups in total. The van der Waals surface area contributed by atoms with Gasteiger partial charge < -0.3 is 4.84 Å². The van der Waals surface area contributed by atoms with Crippen LogP contribution in [0.5, 0.6) is 0 Å². The van der Waals surface area contributed by atoms with Crippen LogP contribution in [0.4, 0.5) is 0 Å².